The van der Waals surface area contributed by atoms with Crippen LogP contribution in [0.4, 0.5) is 0 Å². The molecule has 0 amide bonds. The molecule has 3 atom stereocenters. The second-order valence-corrected chi connectivity index (χ2v) is 14.2. The lowest BCUT2D eigenvalue weighted by Gasteiger charge is -2.43. The molecular formula is C22H34O3Si. The molecule has 3 rings (SSSR count). The molecular weight excluding hydrogens is 340 g/mol. The molecule has 2 aliphatic carbocycles. The molecule has 4 heteroatoms. The zero-order valence-corrected chi connectivity index (χ0v) is 17.9. The third kappa shape index (κ3) is 3.92. The molecule has 0 unspecified atom stereocenters. The van der Waals surface area contributed by atoms with Gasteiger partial charge in [-0.15, -0.1) is 0 Å². The first-order chi connectivity index (χ1) is 12.1. The molecule has 0 aliphatic heterocycles. The fourth-order valence-electron chi connectivity index (χ4n) is 3.89. The monoisotopic (exact) mass is 374 g/mol. The van der Waals surface area contributed by atoms with Gasteiger partial charge in [0.25, 0.3) is 0 Å². The summed E-state index contributed by atoms with van der Waals surface area (Å²) in [6.07, 6.45) is 5.64. The second-order valence-electron chi connectivity index (χ2n) is 9.46. The quantitative estimate of drug-likeness (QED) is 0.700. The lowest BCUT2D eigenvalue weighted by molar-refractivity contribution is -0.0608. The molecule has 1 fully saturated rings. The van der Waals surface area contributed by atoms with Gasteiger partial charge in [0.2, 0.25) is 8.32 Å². The first kappa shape index (κ1) is 19.7. The summed E-state index contributed by atoms with van der Waals surface area (Å²) < 4.78 is 13.0. The van der Waals surface area contributed by atoms with Gasteiger partial charge in [-0.05, 0) is 55.5 Å². The molecule has 144 valence electrons. The van der Waals surface area contributed by atoms with Crippen molar-refractivity contribution in [1.82, 2.24) is 0 Å². The number of allylic oxidation sites excluding steroid dienone is 1. The van der Waals surface area contributed by atoms with Gasteiger partial charge in [-0.3, -0.25) is 0 Å². The summed E-state index contributed by atoms with van der Waals surface area (Å²) >= 11 is 0. The Bertz CT molecular complexity index is 647. The largest absolute Gasteiger partial charge is 0.546 e. The van der Waals surface area contributed by atoms with E-state index in [-0.39, 0.29) is 17.1 Å². The van der Waals surface area contributed by atoms with Crippen LogP contribution in [0, 0.1) is 5.92 Å². The Balaban J connectivity index is 1.77. The second kappa shape index (κ2) is 7.14. The summed E-state index contributed by atoms with van der Waals surface area (Å²) in [6.45, 7) is 11.9. The number of hydrogen-bond acceptors (Lipinski definition) is 3. The summed E-state index contributed by atoms with van der Waals surface area (Å²) in [5.41, 5.74) is 0.503. The van der Waals surface area contributed by atoms with Crippen molar-refractivity contribution in [2.45, 2.75) is 82.9 Å². The summed E-state index contributed by atoms with van der Waals surface area (Å²) in [5.74, 6) is 0.954. The van der Waals surface area contributed by atoms with E-state index in [1.54, 1.807) is 0 Å². The van der Waals surface area contributed by atoms with Gasteiger partial charge in [0, 0.05) is 0 Å². The van der Waals surface area contributed by atoms with Crippen LogP contribution < -0.4 is 0 Å². The van der Waals surface area contributed by atoms with Crippen LogP contribution >= 0.6 is 0 Å². The van der Waals surface area contributed by atoms with Crippen molar-refractivity contribution in [1.29, 1.82) is 0 Å². The summed E-state index contributed by atoms with van der Waals surface area (Å²) in [4.78, 5) is 0. The molecule has 1 aromatic carbocycles. The van der Waals surface area contributed by atoms with Gasteiger partial charge in [-0.2, -0.15) is 0 Å². The Labute approximate surface area is 159 Å². The van der Waals surface area contributed by atoms with Crippen LogP contribution in [0.3, 0.4) is 0 Å². The van der Waals surface area contributed by atoms with Crippen molar-refractivity contribution in [3.05, 3.63) is 47.7 Å². The fraction of sp³-hybridized carbons (Fsp3) is 0.636. The van der Waals surface area contributed by atoms with Gasteiger partial charge in [0.15, 0.2) is 0 Å². The Morgan fingerprint density at radius 2 is 1.85 bits per heavy atom. The molecule has 0 radical (unpaired) electrons. The molecule has 0 spiro atoms. The lowest BCUT2D eigenvalue weighted by Crippen LogP contribution is -2.47. The van der Waals surface area contributed by atoms with Crippen molar-refractivity contribution >= 4 is 8.32 Å². The Kier molecular flexibility index (Phi) is 5.39. The van der Waals surface area contributed by atoms with Crippen molar-refractivity contribution < 1.29 is 14.3 Å². The number of fused-ring (bicyclic) bond motifs is 1. The highest BCUT2D eigenvalue weighted by Gasteiger charge is 2.53. The van der Waals surface area contributed by atoms with E-state index in [1.807, 2.05) is 18.2 Å². The predicted octanol–water partition coefficient (Wildman–Crippen LogP) is 5.41. The molecule has 26 heavy (non-hydrogen) atoms. The Morgan fingerprint density at radius 3 is 2.50 bits per heavy atom. The van der Waals surface area contributed by atoms with Crippen LogP contribution in [0.2, 0.25) is 18.1 Å². The average molecular weight is 375 g/mol. The van der Waals surface area contributed by atoms with E-state index in [2.05, 4.69) is 52.1 Å². The highest BCUT2D eigenvalue weighted by atomic mass is 28.4. The van der Waals surface area contributed by atoms with Gasteiger partial charge in [-0.1, -0.05) is 51.1 Å². The summed E-state index contributed by atoms with van der Waals surface area (Å²) in [7, 11) is -1.94. The SMILES string of the molecule is CC(C)(C)[Si](C)(C)OC1=CCC[C@@]2(O)CC[C@@H](OCc3ccccc3)[C@@H]12. The normalized spacial score (nSPS) is 29.2. The van der Waals surface area contributed by atoms with E-state index in [9.17, 15) is 5.11 Å². The number of aliphatic hydroxyl groups is 1. The van der Waals surface area contributed by atoms with Gasteiger partial charge < -0.3 is 14.3 Å². The van der Waals surface area contributed by atoms with Crippen LogP contribution in [0.15, 0.2) is 42.2 Å². The molecule has 0 saturated heterocycles. The maximum absolute atomic E-state index is 11.3. The number of rotatable bonds is 5. The third-order valence-electron chi connectivity index (χ3n) is 6.53. The maximum atomic E-state index is 11.3. The van der Waals surface area contributed by atoms with E-state index in [0.29, 0.717) is 6.61 Å². The molecule has 1 saturated carbocycles. The zero-order chi connectivity index (χ0) is 19.0. The maximum Gasteiger partial charge on any atom is 0.250 e. The minimum atomic E-state index is -1.94. The predicted molar refractivity (Wildman–Crippen MR) is 108 cm³/mol. The van der Waals surface area contributed by atoms with Crippen LogP contribution in [0.1, 0.15) is 52.0 Å². The minimum absolute atomic E-state index is 0.0246. The Hall–Kier alpha value is -1.10. The highest BCUT2D eigenvalue weighted by molar-refractivity contribution is 6.74. The van der Waals surface area contributed by atoms with E-state index < -0.39 is 13.9 Å². The van der Waals surface area contributed by atoms with Crippen molar-refractivity contribution in [2.75, 3.05) is 0 Å². The lowest BCUT2D eigenvalue weighted by atomic mass is 9.80. The topological polar surface area (TPSA) is 38.7 Å². The smallest absolute Gasteiger partial charge is 0.250 e. The number of hydrogen-bond donors (Lipinski definition) is 1. The molecule has 2 aliphatic rings. The van der Waals surface area contributed by atoms with Gasteiger partial charge in [-0.25, -0.2) is 0 Å². The molecule has 0 heterocycles. The van der Waals surface area contributed by atoms with E-state index in [0.717, 1.165) is 31.4 Å². The van der Waals surface area contributed by atoms with E-state index in [4.69, 9.17) is 9.16 Å². The van der Waals surface area contributed by atoms with Crippen molar-refractivity contribution in [3.8, 4) is 0 Å². The average Bonchev–Trinajstić information content (AvgIpc) is 2.90. The van der Waals surface area contributed by atoms with E-state index >= 15 is 0 Å². The Morgan fingerprint density at radius 1 is 1.15 bits per heavy atom. The van der Waals surface area contributed by atoms with Crippen LogP contribution in [0.25, 0.3) is 0 Å². The van der Waals surface area contributed by atoms with Gasteiger partial charge in [0.1, 0.15) is 0 Å². The molecule has 0 aromatic heterocycles. The van der Waals surface area contributed by atoms with Crippen LogP contribution in [-0.4, -0.2) is 25.1 Å². The molecule has 1 aromatic rings. The van der Waals surface area contributed by atoms with Gasteiger partial charge in [0.05, 0.1) is 30.0 Å². The highest BCUT2D eigenvalue weighted by Crippen LogP contribution is 2.50. The first-order valence-corrected chi connectivity index (χ1v) is 12.8. The summed E-state index contributed by atoms with van der Waals surface area (Å²) in [5, 5.41) is 11.4. The fourth-order valence-corrected chi connectivity index (χ4v) is 5.00. The van der Waals surface area contributed by atoms with E-state index in [1.165, 1.54) is 5.56 Å². The molecule has 0 bridgehead atoms. The van der Waals surface area contributed by atoms with Crippen LogP contribution in [-0.2, 0) is 15.8 Å². The minimum Gasteiger partial charge on any atom is -0.546 e. The molecule has 3 nitrogen and oxygen atoms in total. The first-order valence-electron chi connectivity index (χ1n) is 9.89. The standard InChI is InChI=1S/C22H34O3Si/c1-21(2,3)26(4,5)25-19-12-9-14-22(23)15-13-18(20(19)22)24-16-17-10-7-6-8-11-17/h6-8,10-12,18,20,23H,9,13-16H2,1-5H3/t18-,20+,22-/m1/s1. The third-order valence-corrected chi connectivity index (χ3v) is 10.9. The van der Waals surface area contributed by atoms with Gasteiger partial charge >= 0.3 is 0 Å². The van der Waals surface area contributed by atoms with Crippen LogP contribution in [0.5, 0.6) is 0 Å². The number of ether oxygens (including phenoxy) is 1. The number of benzene rings is 1. The summed E-state index contributed by atoms with van der Waals surface area (Å²) in [6, 6.07) is 10.3. The zero-order valence-electron chi connectivity index (χ0n) is 16.9. The van der Waals surface area contributed by atoms with Crippen molar-refractivity contribution in [2.24, 2.45) is 5.92 Å². The van der Waals surface area contributed by atoms with Crippen molar-refractivity contribution in [3.63, 3.8) is 0 Å². The molecule has 1 N–H and O–H groups in total.